The molecule has 10 heavy (non-hydrogen) atoms. The monoisotopic (exact) mass is 142 g/mol. The van der Waals surface area contributed by atoms with E-state index in [0.29, 0.717) is 0 Å². The van der Waals surface area contributed by atoms with Crippen molar-refractivity contribution in [2.24, 2.45) is 17.7 Å². The molecule has 0 radical (unpaired) electrons. The zero-order valence-corrected chi connectivity index (χ0v) is 6.01. The molecule has 0 aromatic carbocycles. The lowest BCUT2D eigenvalue weighted by atomic mass is 10.0. The van der Waals surface area contributed by atoms with Crippen molar-refractivity contribution in [1.82, 2.24) is 15.9 Å². The number of hydrogen-bond acceptors (Lipinski definition) is 4. The van der Waals surface area contributed by atoms with Crippen molar-refractivity contribution < 1.29 is 0 Å². The first kappa shape index (κ1) is 6.54. The SMILES string of the molecule is NNN1CC2CNC[C@H]2C1. The molecule has 2 atom stereocenters. The van der Waals surface area contributed by atoms with Crippen LogP contribution in [-0.4, -0.2) is 31.2 Å². The van der Waals surface area contributed by atoms with Gasteiger partial charge in [0, 0.05) is 13.1 Å². The van der Waals surface area contributed by atoms with Crippen LogP contribution in [0.3, 0.4) is 0 Å². The maximum atomic E-state index is 5.29. The van der Waals surface area contributed by atoms with Gasteiger partial charge in [-0.3, -0.25) is 5.84 Å². The van der Waals surface area contributed by atoms with Crippen molar-refractivity contribution in [3.8, 4) is 0 Å². The number of nitrogens with two attached hydrogens (primary N) is 1. The second-order valence-electron chi connectivity index (χ2n) is 3.21. The maximum Gasteiger partial charge on any atom is 0.0188 e. The molecule has 58 valence electrons. The van der Waals surface area contributed by atoms with Gasteiger partial charge in [-0.1, -0.05) is 0 Å². The van der Waals surface area contributed by atoms with Gasteiger partial charge < -0.3 is 5.32 Å². The molecule has 2 aliphatic heterocycles. The van der Waals surface area contributed by atoms with E-state index in [1.807, 2.05) is 0 Å². The van der Waals surface area contributed by atoms with Gasteiger partial charge in [-0.25, -0.2) is 5.01 Å². The summed E-state index contributed by atoms with van der Waals surface area (Å²) >= 11 is 0. The fourth-order valence-corrected chi connectivity index (χ4v) is 1.96. The molecule has 2 rings (SSSR count). The Hall–Kier alpha value is -0.160. The fraction of sp³-hybridized carbons (Fsp3) is 1.00. The first-order chi connectivity index (χ1) is 4.90. The van der Waals surface area contributed by atoms with Gasteiger partial charge in [0.2, 0.25) is 0 Å². The van der Waals surface area contributed by atoms with Gasteiger partial charge in [-0.2, -0.15) is 5.53 Å². The molecule has 0 aromatic heterocycles. The van der Waals surface area contributed by atoms with Crippen molar-refractivity contribution in [2.75, 3.05) is 26.2 Å². The molecule has 0 aliphatic carbocycles. The average Bonchev–Trinajstić information content (AvgIpc) is 2.42. The van der Waals surface area contributed by atoms with Gasteiger partial charge in [0.25, 0.3) is 0 Å². The van der Waals surface area contributed by atoms with Crippen LogP contribution in [-0.2, 0) is 0 Å². The van der Waals surface area contributed by atoms with Crippen LogP contribution in [0.1, 0.15) is 0 Å². The largest absolute Gasteiger partial charge is 0.316 e. The highest BCUT2D eigenvalue weighted by atomic mass is 15.6. The van der Waals surface area contributed by atoms with E-state index in [-0.39, 0.29) is 0 Å². The second kappa shape index (κ2) is 2.47. The Morgan fingerprint density at radius 2 is 1.90 bits per heavy atom. The predicted octanol–water partition coefficient (Wildman–Crippen LogP) is -1.48. The van der Waals surface area contributed by atoms with E-state index in [1.54, 1.807) is 0 Å². The van der Waals surface area contributed by atoms with Gasteiger partial charge in [0.15, 0.2) is 0 Å². The topological polar surface area (TPSA) is 53.3 Å². The van der Waals surface area contributed by atoms with E-state index in [2.05, 4.69) is 15.9 Å². The predicted molar refractivity (Wildman–Crippen MR) is 38.7 cm³/mol. The Balaban J connectivity index is 1.94. The second-order valence-corrected chi connectivity index (χ2v) is 3.21. The standard InChI is InChI=1S/C6H14N4/c7-9-10-3-5-1-8-2-6(5)4-10/h5-6,8-9H,1-4,7H2/t5-,6?/m0/s1. The first-order valence-corrected chi connectivity index (χ1v) is 3.82. The molecular formula is C6H14N4. The van der Waals surface area contributed by atoms with Crippen LogP contribution in [0.5, 0.6) is 0 Å². The Bertz CT molecular complexity index is 115. The maximum absolute atomic E-state index is 5.29. The number of nitrogens with one attached hydrogen (secondary N) is 2. The van der Waals surface area contributed by atoms with Crippen LogP contribution in [0.4, 0.5) is 0 Å². The third-order valence-electron chi connectivity index (χ3n) is 2.57. The van der Waals surface area contributed by atoms with Crippen molar-refractivity contribution >= 4 is 0 Å². The van der Waals surface area contributed by atoms with Crippen molar-refractivity contribution in [1.29, 1.82) is 0 Å². The van der Waals surface area contributed by atoms with Gasteiger partial charge in [-0.15, -0.1) is 0 Å². The van der Waals surface area contributed by atoms with Crippen LogP contribution in [0.25, 0.3) is 0 Å². The Morgan fingerprint density at radius 1 is 1.30 bits per heavy atom. The molecule has 2 saturated heterocycles. The van der Waals surface area contributed by atoms with Crippen LogP contribution < -0.4 is 16.7 Å². The molecule has 4 heteroatoms. The highest BCUT2D eigenvalue weighted by Crippen LogP contribution is 2.24. The van der Waals surface area contributed by atoms with Gasteiger partial charge in [0.1, 0.15) is 0 Å². The molecule has 4 N–H and O–H groups in total. The summed E-state index contributed by atoms with van der Waals surface area (Å²) in [5.74, 6) is 6.95. The lowest BCUT2D eigenvalue weighted by molar-refractivity contribution is 0.222. The summed E-state index contributed by atoms with van der Waals surface area (Å²) in [5, 5.41) is 5.47. The Labute approximate surface area is 60.7 Å². The molecule has 0 spiro atoms. The van der Waals surface area contributed by atoms with E-state index in [9.17, 15) is 0 Å². The van der Waals surface area contributed by atoms with Crippen molar-refractivity contribution in [2.45, 2.75) is 0 Å². The Morgan fingerprint density at radius 3 is 2.40 bits per heavy atom. The van der Waals surface area contributed by atoms with E-state index in [1.165, 1.54) is 13.1 Å². The first-order valence-electron chi connectivity index (χ1n) is 3.82. The van der Waals surface area contributed by atoms with Crippen molar-refractivity contribution in [3.05, 3.63) is 0 Å². The minimum absolute atomic E-state index is 0.830. The van der Waals surface area contributed by atoms with E-state index in [4.69, 9.17) is 5.84 Å². The quantitative estimate of drug-likeness (QED) is 0.308. The summed E-state index contributed by atoms with van der Waals surface area (Å²) in [5.41, 5.74) is 2.70. The third kappa shape index (κ3) is 0.932. The Kier molecular flexibility index (Phi) is 1.61. The molecule has 0 saturated carbocycles. The van der Waals surface area contributed by atoms with Crippen LogP contribution >= 0.6 is 0 Å². The zero-order chi connectivity index (χ0) is 6.97. The van der Waals surface area contributed by atoms with Crippen LogP contribution in [0, 0.1) is 11.8 Å². The molecule has 0 aromatic rings. The third-order valence-corrected chi connectivity index (χ3v) is 2.57. The smallest absolute Gasteiger partial charge is 0.0188 e. The summed E-state index contributed by atoms with van der Waals surface area (Å²) < 4.78 is 0. The minimum Gasteiger partial charge on any atom is -0.316 e. The minimum atomic E-state index is 0.830. The molecule has 0 bridgehead atoms. The van der Waals surface area contributed by atoms with Crippen molar-refractivity contribution in [3.63, 3.8) is 0 Å². The summed E-state index contributed by atoms with van der Waals surface area (Å²) in [6.07, 6.45) is 0. The summed E-state index contributed by atoms with van der Waals surface area (Å²) in [6, 6.07) is 0. The summed E-state index contributed by atoms with van der Waals surface area (Å²) in [6.45, 7) is 4.55. The molecule has 2 heterocycles. The number of hydrazine groups is 2. The van der Waals surface area contributed by atoms with Crippen LogP contribution in [0.2, 0.25) is 0 Å². The molecule has 2 aliphatic rings. The van der Waals surface area contributed by atoms with Gasteiger partial charge in [-0.05, 0) is 24.9 Å². The summed E-state index contributed by atoms with van der Waals surface area (Å²) in [4.78, 5) is 0. The van der Waals surface area contributed by atoms with E-state index >= 15 is 0 Å². The molecule has 1 unspecified atom stereocenters. The fourth-order valence-electron chi connectivity index (χ4n) is 1.96. The lowest BCUT2D eigenvalue weighted by Gasteiger charge is -2.13. The zero-order valence-electron chi connectivity index (χ0n) is 6.01. The normalized spacial score (nSPS) is 40.5. The highest BCUT2D eigenvalue weighted by Gasteiger charge is 2.35. The van der Waals surface area contributed by atoms with Crippen LogP contribution in [0.15, 0.2) is 0 Å². The highest BCUT2D eigenvalue weighted by molar-refractivity contribution is 4.89. The van der Waals surface area contributed by atoms with Gasteiger partial charge in [0.05, 0.1) is 0 Å². The number of hydrogen-bond donors (Lipinski definition) is 3. The number of fused-ring (bicyclic) bond motifs is 1. The number of rotatable bonds is 1. The van der Waals surface area contributed by atoms with Gasteiger partial charge >= 0.3 is 0 Å². The average molecular weight is 142 g/mol. The molecule has 2 fully saturated rings. The lowest BCUT2D eigenvalue weighted by Crippen LogP contribution is -2.42. The summed E-state index contributed by atoms with van der Waals surface area (Å²) in [7, 11) is 0. The van der Waals surface area contributed by atoms with E-state index in [0.717, 1.165) is 24.9 Å². The molecule has 0 amide bonds. The number of nitrogens with zero attached hydrogens (tertiary/aromatic N) is 1. The van der Waals surface area contributed by atoms with E-state index < -0.39 is 0 Å². The molecule has 4 nitrogen and oxygen atoms in total. The molecular weight excluding hydrogens is 128 g/mol.